The van der Waals surface area contributed by atoms with Crippen molar-refractivity contribution in [3.8, 4) is 0 Å². The van der Waals surface area contributed by atoms with Crippen LogP contribution in [0.5, 0.6) is 0 Å². The summed E-state index contributed by atoms with van der Waals surface area (Å²) in [4.78, 5) is 15.4. The van der Waals surface area contributed by atoms with Crippen LogP contribution in [-0.4, -0.2) is 17.4 Å². The lowest BCUT2D eigenvalue weighted by Gasteiger charge is -2.04. The van der Waals surface area contributed by atoms with Gasteiger partial charge in [-0.2, -0.15) is 0 Å². The van der Waals surface area contributed by atoms with E-state index < -0.39 is 0 Å². The first kappa shape index (κ1) is 13.5. The number of carbonyl (C=O) groups is 1. The van der Waals surface area contributed by atoms with Crippen LogP contribution in [0.15, 0.2) is 47.1 Å². The molecule has 0 spiro atoms. The highest BCUT2D eigenvalue weighted by Crippen LogP contribution is 2.21. The van der Waals surface area contributed by atoms with Gasteiger partial charge < -0.3 is 14.7 Å². The first-order valence-corrected chi connectivity index (χ1v) is 7.13. The SMILES string of the molecule is Cc1c(C(=O)NCCCc2ccco2)[nH]c2ccccc12. The molecule has 3 aromatic rings. The van der Waals surface area contributed by atoms with Crippen molar-refractivity contribution in [2.24, 2.45) is 0 Å². The van der Waals surface area contributed by atoms with Gasteiger partial charge in [-0.15, -0.1) is 0 Å². The summed E-state index contributed by atoms with van der Waals surface area (Å²) in [5.74, 6) is 0.897. The Morgan fingerprint density at radius 1 is 1.24 bits per heavy atom. The number of aryl methyl sites for hydroxylation is 2. The Bertz CT molecular complexity index is 741. The number of carbonyl (C=O) groups excluding carboxylic acids is 1. The van der Waals surface area contributed by atoms with Gasteiger partial charge in [0, 0.05) is 23.9 Å². The van der Waals surface area contributed by atoms with Crippen LogP contribution in [0.2, 0.25) is 0 Å². The van der Waals surface area contributed by atoms with Crippen molar-refractivity contribution in [2.75, 3.05) is 6.54 Å². The molecule has 1 aromatic carbocycles. The predicted octanol–water partition coefficient (Wildman–Crippen LogP) is 3.43. The van der Waals surface area contributed by atoms with Crippen molar-refractivity contribution >= 4 is 16.8 Å². The van der Waals surface area contributed by atoms with Crippen LogP contribution >= 0.6 is 0 Å². The van der Waals surface area contributed by atoms with Crippen molar-refractivity contribution in [3.63, 3.8) is 0 Å². The maximum atomic E-state index is 12.2. The number of rotatable bonds is 5. The van der Waals surface area contributed by atoms with E-state index >= 15 is 0 Å². The number of benzene rings is 1. The lowest BCUT2D eigenvalue weighted by atomic mass is 10.1. The summed E-state index contributed by atoms with van der Waals surface area (Å²) in [5, 5.41) is 4.05. The van der Waals surface area contributed by atoms with Crippen molar-refractivity contribution < 1.29 is 9.21 Å². The minimum absolute atomic E-state index is 0.0526. The topological polar surface area (TPSA) is 58.0 Å². The van der Waals surface area contributed by atoms with Crippen LogP contribution < -0.4 is 5.32 Å². The minimum atomic E-state index is -0.0526. The summed E-state index contributed by atoms with van der Waals surface area (Å²) in [6.07, 6.45) is 3.36. The van der Waals surface area contributed by atoms with E-state index in [1.54, 1.807) is 6.26 Å². The van der Waals surface area contributed by atoms with Gasteiger partial charge in [-0.05, 0) is 37.1 Å². The summed E-state index contributed by atoms with van der Waals surface area (Å²) in [5.41, 5.74) is 2.64. The maximum Gasteiger partial charge on any atom is 0.268 e. The second-order valence-electron chi connectivity index (χ2n) is 5.11. The Labute approximate surface area is 123 Å². The van der Waals surface area contributed by atoms with Crippen molar-refractivity contribution in [1.29, 1.82) is 0 Å². The molecule has 21 heavy (non-hydrogen) atoms. The molecule has 0 aliphatic carbocycles. The smallest absolute Gasteiger partial charge is 0.268 e. The van der Waals surface area contributed by atoms with E-state index in [1.165, 1.54) is 0 Å². The lowest BCUT2D eigenvalue weighted by molar-refractivity contribution is 0.0948. The van der Waals surface area contributed by atoms with Gasteiger partial charge in [0.1, 0.15) is 11.5 Å². The zero-order chi connectivity index (χ0) is 14.7. The van der Waals surface area contributed by atoms with Crippen molar-refractivity contribution in [2.45, 2.75) is 19.8 Å². The minimum Gasteiger partial charge on any atom is -0.469 e. The van der Waals surface area contributed by atoms with E-state index in [0.29, 0.717) is 12.2 Å². The Balaban J connectivity index is 1.60. The van der Waals surface area contributed by atoms with Crippen LogP contribution in [0.3, 0.4) is 0 Å². The molecule has 0 saturated heterocycles. The Kier molecular flexibility index (Phi) is 3.77. The highest BCUT2D eigenvalue weighted by Gasteiger charge is 2.13. The summed E-state index contributed by atoms with van der Waals surface area (Å²) in [6, 6.07) is 11.8. The monoisotopic (exact) mass is 282 g/mol. The van der Waals surface area contributed by atoms with Crippen LogP contribution in [-0.2, 0) is 6.42 Å². The van der Waals surface area contributed by atoms with E-state index in [0.717, 1.165) is 35.1 Å². The molecule has 0 unspecified atom stereocenters. The molecule has 4 nitrogen and oxygen atoms in total. The van der Waals surface area contributed by atoms with Gasteiger partial charge in [-0.1, -0.05) is 18.2 Å². The molecule has 2 N–H and O–H groups in total. The summed E-state index contributed by atoms with van der Waals surface area (Å²) in [7, 11) is 0. The molecule has 0 bridgehead atoms. The Morgan fingerprint density at radius 3 is 2.86 bits per heavy atom. The van der Waals surface area contributed by atoms with Crippen LogP contribution in [0.4, 0.5) is 0 Å². The van der Waals surface area contributed by atoms with E-state index in [4.69, 9.17) is 4.42 Å². The third-order valence-electron chi connectivity index (χ3n) is 3.66. The predicted molar refractivity (Wildman–Crippen MR) is 82.4 cm³/mol. The number of nitrogens with one attached hydrogen (secondary N) is 2. The molecule has 2 heterocycles. The maximum absolute atomic E-state index is 12.2. The third kappa shape index (κ3) is 2.84. The van der Waals surface area contributed by atoms with E-state index in [9.17, 15) is 4.79 Å². The Morgan fingerprint density at radius 2 is 2.10 bits per heavy atom. The first-order chi connectivity index (χ1) is 10.3. The summed E-state index contributed by atoms with van der Waals surface area (Å²) in [6.45, 7) is 2.60. The number of aromatic nitrogens is 1. The molecule has 4 heteroatoms. The fraction of sp³-hybridized carbons (Fsp3) is 0.235. The molecule has 0 radical (unpaired) electrons. The Hall–Kier alpha value is -2.49. The van der Waals surface area contributed by atoms with Gasteiger partial charge >= 0.3 is 0 Å². The fourth-order valence-corrected chi connectivity index (χ4v) is 2.52. The van der Waals surface area contributed by atoms with Crippen molar-refractivity contribution in [1.82, 2.24) is 10.3 Å². The highest BCUT2D eigenvalue weighted by molar-refractivity contribution is 6.00. The third-order valence-corrected chi connectivity index (χ3v) is 3.66. The summed E-state index contributed by atoms with van der Waals surface area (Å²) < 4.78 is 5.27. The summed E-state index contributed by atoms with van der Waals surface area (Å²) >= 11 is 0. The lowest BCUT2D eigenvalue weighted by Crippen LogP contribution is -2.25. The van der Waals surface area contributed by atoms with Gasteiger partial charge in [0.25, 0.3) is 5.91 Å². The largest absolute Gasteiger partial charge is 0.469 e. The zero-order valence-corrected chi connectivity index (χ0v) is 12.0. The van der Waals surface area contributed by atoms with Crippen LogP contribution in [0.1, 0.15) is 28.2 Å². The van der Waals surface area contributed by atoms with Gasteiger partial charge in [-0.3, -0.25) is 4.79 Å². The molecule has 1 amide bonds. The first-order valence-electron chi connectivity index (χ1n) is 7.13. The van der Waals surface area contributed by atoms with Crippen molar-refractivity contribution in [3.05, 3.63) is 59.7 Å². The molecule has 0 atom stereocenters. The number of H-pyrrole nitrogens is 1. The normalized spacial score (nSPS) is 10.9. The highest BCUT2D eigenvalue weighted by atomic mass is 16.3. The molecule has 2 aromatic heterocycles. The number of hydrogen-bond acceptors (Lipinski definition) is 2. The molecule has 0 aliphatic heterocycles. The van der Waals surface area contributed by atoms with Crippen LogP contribution in [0.25, 0.3) is 10.9 Å². The van der Waals surface area contributed by atoms with Crippen LogP contribution in [0, 0.1) is 6.92 Å². The van der Waals surface area contributed by atoms with Gasteiger partial charge in [0.05, 0.1) is 6.26 Å². The number of amides is 1. The second-order valence-corrected chi connectivity index (χ2v) is 5.11. The molecular weight excluding hydrogens is 264 g/mol. The number of hydrogen-bond donors (Lipinski definition) is 2. The average Bonchev–Trinajstić information content (AvgIpc) is 3.12. The molecule has 3 rings (SSSR count). The average molecular weight is 282 g/mol. The van der Waals surface area contributed by atoms with E-state index in [2.05, 4.69) is 10.3 Å². The van der Waals surface area contributed by atoms with E-state index in [-0.39, 0.29) is 5.91 Å². The molecule has 0 saturated carbocycles. The van der Waals surface area contributed by atoms with Gasteiger partial charge in [-0.25, -0.2) is 0 Å². The molecule has 0 fully saturated rings. The van der Waals surface area contributed by atoms with Gasteiger partial charge in [0.15, 0.2) is 0 Å². The number of furan rings is 1. The number of aromatic amines is 1. The van der Waals surface area contributed by atoms with Gasteiger partial charge in [0.2, 0.25) is 0 Å². The second kappa shape index (κ2) is 5.87. The molecule has 108 valence electrons. The number of fused-ring (bicyclic) bond motifs is 1. The number of para-hydroxylation sites is 1. The standard InChI is InChI=1S/C17H18N2O2/c1-12-14-8-2-3-9-15(14)19-16(12)17(20)18-10-4-6-13-7-5-11-21-13/h2-3,5,7-9,11,19H,4,6,10H2,1H3,(H,18,20). The fourth-order valence-electron chi connectivity index (χ4n) is 2.52. The van der Waals surface area contributed by atoms with E-state index in [1.807, 2.05) is 43.3 Å². The molecular formula is C17H18N2O2. The quantitative estimate of drug-likeness (QED) is 0.704. The zero-order valence-electron chi connectivity index (χ0n) is 12.0. The molecule has 0 aliphatic rings.